The SMILES string of the molecule is CC(C)(C)NCC1CC1(C)c1ccc(F)c(Cl)c1. The monoisotopic (exact) mass is 269 g/mol. The van der Waals surface area contributed by atoms with E-state index in [1.807, 2.05) is 6.07 Å². The van der Waals surface area contributed by atoms with Crippen LogP contribution in [0.4, 0.5) is 4.39 Å². The second kappa shape index (κ2) is 4.50. The Morgan fingerprint density at radius 3 is 2.67 bits per heavy atom. The van der Waals surface area contributed by atoms with Gasteiger partial charge in [-0.05, 0) is 62.8 Å². The topological polar surface area (TPSA) is 12.0 Å². The molecule has 1 N–H and O–H groups in total. The summed E-state index contributed by atoms with van der Waals surface area (Å²) in [7, 11) is 0. The van der Waals surface area contributed by atoms with E-state index in [0.29, 0.717) is 5.92 Å². The van der Waals surface area contributed by atoms with Crippen LogP contribution in [0.2, 0.25) is 5.02 Å². The Hall–Kier alpha value is -0.600. The summed E-state index contributed by atoms with van der Waals surface area (Å²) in [6.07, 6.45) is 1.14. The largest absolute Gasteiger partial charge is 0.312 e. The zero-order chi connectivity index (χ0) is 13.6. The molecule has 100 valence electrons. The minimum absolute atomic E-state index is 0.143. The van der Waals surface area contributed by atoms with E-state index < -0.39 is 0 Å². The molecule has 2 unspecified atom stereocenters. The third kappa shape index (κ3) is 2.86. The van der Waals surface area contributed by atoms with Crippen molar-refractivity contribution in [1.29, 1.82) is 0 Å². The molecule has 2 rings (SSSR count). The van der Waals surface area contributed by atoms with Gasteiger partial charge in [0, 0.05) is 5.54 Å². The van der Waals surface area contributed by atoms with Crippen molar-refractivity contribution in [3.05, 3.63) is 34.6 Å². The zero-order valence-electron chi connectivity index (χ0n) is 11.5. The van der Waals surface area contributed by atoms with Gasteiger partial charge in [-0.25, -0.2) is 4.39 Å². The third-order valence-corrected chi connectivity index (χ3v) is 4.16. The number of nitrogens with one attached hydrogen (secondary N) is 1. The Labute approximate surface area is 114 Å². The summed E-state index contributed by atoms with van der Waals surface area (Å²) in [5, 5.41) is 3.75. The second-order valence-electron chi connectivity index (χ2n) is 6.58. The molecule has 1 nitrogen and oxygen atoms in total. The van der Waals surface area contributed by atoms with Crippen LogP contribution in [0, 0.1) is 11.7 Å². The molecule has 1 fully saturated rings. The standard InChI is InChI=1S/C15H21ClFN/c1-14(2,3)18-9-11-8-15(11,4)10-5-6-13(17)12(16)7-10/h5-7,11,18H,8-9H2,1-4H3. The maximum absolute atomic E-state index is 13.2. The average molecular weight is 270 g/mol. The van der Waals surface area contributed by atoms with E-state index in [4.69, 9.17) is 11.6 Å². The summed E-state index contributed by atoms with van der Waals surface area (Å²) in [4.78, 5) is 0. The van der Waals surface area contributed by atoms with Crippen molar-refractivity contribution in [3.63, 3.8) is 0 Å². The Morgan fingerprint density at radius 2 is 2.11 bits per heavy atom. The van der Waals surface area contributed by atoms with Crippen molar-refractivity contribution < 1.29 is 4.39 Å². The predicted molar refractivity (Wildman–Crippen MR) is 74.6 cm³/mol. The normalized spacial score (nSPS) is 27.3. The van der Waals surface area contributed by atoms with E-state index in [2.05, 4.69) is 33.0 Å². The van der Waals surface area contributed by atoms with Crippen molar-refractivity contribution in [1.82, 2.24) is 5.32 Å². The van der Waals surface area contributed by atoms with Crippen LogP contribution in [-0.4, -0.2) is 12.1 Å². The van der Waals surface area contributed by atoms with Crippen LogP contribution in [0.15, 0.2) is 18.2 Å². The van der Waals surface area contributed by atoms with Crippen LogP contribution in [0.1, 0.15) is 39.7 Å². The molecule has 0 radical (unpaired) electrons. The first-order valence-corrected chi connectivity index (χ1v) is 6.81. The number of hydrogen-bond acceptors (Lipinski definition) is 1. The molecule has 2 atom stereocenters. The van der Waals surface area contributed by atoms with E-state index in [0.717, 1.165) is 18.5 Å². The van der Waals surface area contributed by atoms with Crippen molar-refractivity contribution in [2.24, 2.45) is 5.92 Å². The van der Waals surface area contributed by atoms with E-state index in [-0.39, 0.29) is 21.8 Å². The maximum atomic E-state index is 13.2. The number of rotatable bonds is 3. The van der Waals surface area contributed by atoms with E-state index >= 15 is 0 Å². The Bertz CT molecular complexity index is 452. The fraction of sp³-hybridized carbons (Fsp3) is 0.600. The molecule has 18 heavy (non-hydrogen) atoms. The van der Waals surface area contributed by atoms with Gasteiger partial charge in [0.05, 0.1) is 5.02 Å². The van der Waals surface area contributed by atoms with Gasteiger partial charge in [-0.1, -0.05) is 24.6 Å². The summed E-state index contributed by atoms with van der Waals surface area (Å²) < 4.78 is 13.2. The van der Waals surface area contributed by atoms with E-state index in [9.17, 15) is 4.39 Å². The quantitative estimate of drug-likeness (QED) is 0.869. The van der Waals surface area contributed by atoms with Gasteiger partial charge in [-0.3, -0.25) is 0 Å². The molecule has 0 bridgehead atoms. The second-order valence-corrected chi connectivity index (χ2v) is 6.99. The fourth-order valence-corrected chi connectivity index (χ4v) is 2.57. The number of benzene rings is 1. The van der Waals surface area contributed by atoms with Gasteiger partial charge in [0.15, 0.2) is 0 Å². The first-order chi connectivity index (χ1) is 8.22. The highest BCUT2D eigenvalue weighted by atomic mass is 35.5. The lowest BCUT2D eigenvalue weighted by Crippen LogP contribution is -2.37. The van der Waals surface area contributed by atoms with Gasteiger partial charge >= 0.3 is 0 Å². The molecule has 1 aromatic rings. The molecule has 1 aliphatic carbocycles. The van der Waals surface area contributed by atoms with Crippen molar-refractivity contribution in [2.45, 2.75) is 45.1 Å². The molecule has 1 saturated carbocycles. The van der Waals surface area contributed by atoms with Gasteiger partial charge in [-0.2, -0.15) is 0 Å². The number of hydrogen-bond donors (Lipinski definition) is 1. The molecule has 3 heteroatoms. The van der Waals surface area contributed by atoms with E-state index in [1.54, 1.807) is 6.07 Å². The Kier molecular flexibility index (Phi) is 3.46. The first-order valence-electron chi connectivity index (χ1n) is 6.43. The molecule has 0 aliphatic heterocycles. The lowest BCUT2D eigenvalue weighted by molar-refractivity contribution is 0.406. The van der Waals surface area contributed by atoms with Gasteiger partial charge in [0.1, 0.15) is 5.82 Å². The summed E-state index contributed by atoms with van der Waals surface area (Å²) in [6.45, 7) is 9.73. The Morgan fingerprint density at radius 1 is 1.44 bits per heavy atom. The van der Waals surface area contributed by atoms with Crippen LogP contribution < -0.4 is 5.32 Å². The van der Waals surface area contributed by atoms with Crippen LogP contribution >= 0.6 is 11.6 Å². The van der Waals surface area contributed by atoms with Gasteiger partial charge in [-0.15, -0.1) is 0 Å². The highest BCUT2D eigenvalue weighted by Crippen LogP contribution is 2.54. The van der Waals surface area contributed by atoms with Crippen LogP contribution in [0.3, 0.4) is 0 Å². The first kappa shape index (κ1) is 13.8. The lowest BCUT2D eigenvalue weighted by Gasteiger charge is -2.21. The number of halogens is 2. The fourth-order valence-electron chi connectivity index (χ4n) is 2.38. The molecule has 0 amide bonds. The maximum Gasteiger partial charge on any atom is 0.141 e. The third-order valence-electron chi connectivity index (χ3n) is 3.87. The summed E-state index contributed by atoms with van der Waals surface area (Å²) in [5.74, 6) is 0.271. The van der Waals surface area contributed by atoms with Crippen molar-refractivity contribution >= 4 is 11.6 Å². The summed E-state index contributed by atoms with van der Waals surface area (Å²) >= 11 is 5.85. The lowest BCUT2D eigenvalue weighted by atomic mass is 9.95. The van der Waals surface area contributed by atoms with Crippen LogP contribution in [0.5, 0.6) is 0 Å². The highest BCUT2D eigenvalue weighted by molar-refractivity contribution is 6.30. The predicted octanol–water partition coefficient (Wildman–Crippen LogP) is 4.14. The highest BCUT2D eigenvalue weighted by Gasteiger charge is 2.51. The minimum Gasteiger partial charge on any atom is -0.312 e. The molecular weight excluding hydrogens is 249 g/mol. The van der Waals surface area contributed by atoms with Crippen LogP contribution in [0.25, 0.3) is 0 Å². The molecule has 0 heterocycles. The molecule has 0 spiro atoms. The molecule has 1 aliphatic rings. The van der Waals surface area contributed by atoms with Gasteiger partial charge in [0.2, 0.25) is 0 Å². The van der Waals surface area contributed by atoms with Gasteiger partial charge < -0.3 is 5.32 Å². The average Bonchev–Trinajstić information content (AvgIpc) is 2.91. The zero-order valence-corrected chi connectivity index (χ0v) is 12.2. The minimum atomic E-state index is -0.339. The molecule has 0 aromatic heterocycles. The summed E-state index contributed by atoms with van der Waals surface area (Å²) in [5.41, 5.74) is 1.44. The van der Waals surface area contributed by atoms with Gasteiger partial charge in [0.25, 0.3) is 0 Å². The van der Waals surface area contributed by atoms with Crippen molar-refractivity contribution in [3.8, 4) is 0 Å². The molecule has 0 saturated heterocycles. The molecule has 1 aromatic carbocycles. The smallest absolute Gasteiger partial charge is 0.141 e. The van der Waals surface area contributed by atoms with E-state index in [1.165, 1.54) is 6.07 Å². The molecular formula is C15H21ClFN. The van der Waals surface area contributed by atoms with Crippen LogP contribution in [-0.2, 0) is 5.41 Å². The summed E-state index contributed by atoms with van der Waals surface area (Å²) in [6, 6.07) is 5.10. The van der Waals surface area contributed by atoms with Crippen molar-refractivity contribution in [2.75, 3.05) is 6.54 Å². The Balaban J connectivity index is 2.04.